The Labute approximate surface area is 270 Å². The van der Waals surface area contributed by atoms with E-state index >= 15 is 0 Å². The molecule has 0 bridgehead atoms. The van der Waals surface area contributed by atoms with E-state index in [1.165, 1.54) is 17.3 Å². The van der Waals surface area contributed by atoms with E-state index in [0.717, 1.165) is 21.6 Å². The van der Waals surface area contributed by atoms with E-state index in [1.54, 1.807) is 24.3 Å². The van der Waals surface area contributed by atoms with Gasteiger partial charge in [0.1, 0.15) is 23.7 Å². The summed E-state index contributed by atoms with van der Waals surface area (Å²) in [6.07, 6.45) is -3.62. The van der Waals surface area contributed by atoms with Gasteiger partial charge in [-0.1, -0.05) is 124 Å². The van der Waals surface area contributed by atoms with E-state index in [4.69, 9.17) is 18.9 Å². The zero-order valence-corrected chi connectivity index (χ0v) is 27.1. The fraction of sp³-hybridized carbons (Fsp3) is 0.342. The highest BCUT2D eigenvalue weighted by molar-refractivity contribution is 7.99. The number of hydrogen-bond acceptors (Lipinski definition) is 7. The van der Waals surface area contributed by atoms with E-state index in [2.05, 4.69) is 39.0 Å². The van der Waals surface area contributed by atoms with Crippen molar-refractivity contribution < 1.29 is 28.8 Å². The number of esters is 1. The van der Waals surface area contributed by atoms with E-state index in [-0.39, 0.29) is 18.6 Å². The lowest BCUT2D eigenvalue weighted by molar-refractivity contribution is -0.228. The van der Waals surface area contributed by atoms with Gasteiger partial charge in [-0.05, 0) is 52.8 Å². The minimum atomic E-state index is -1.18. The summed E-state index contributed by atoms with van der Waals surface area (Å²) in [5.74, 6) is -0.533. The van der Waals surface area contributed by atoms with Gasteiger partial charge < -0.3 is 24.1 Å². The van der Waals surface area contributed by atoms with Gasteiger partial charge in [0, 0.05) is 4.90 Å². The molecule has 7 heteroatoms. The Morgan fingerprint density at radius 2 is 1.42 bits per heavy atom. The molecule has 45 heavy (non-hydrogen) atoms. The summed E-state index contributed by atoms with van der Waals surface area (Å²) >= 11 is 1.45. The molecule has 3 unspecified atom stereocenters. The lowest BCUT2D eigenvalue weighted by Gasteiger charge is -2.43. The molecule has 1 saturated heterocycles. The normalized spacial score (nSPS) is 21.8. The molecule has 5 rings (SSSR count). The van der Waals surface area contributed by atoms with Gasteiger partial charge >= 0.3 is 5.97 Å². The second-order valence-electron chi connectivity index (χ2n) is 12.4. The first-order valence-corrected chi connectivity index (χ1v) is 16.2. The highest BCUT2D eigenvalue weighted by Crippen LogP contribution is 2.39. The van der Waals surface area contributed by atoms with E-state index < -0.39 is 35.8 Å². The first-order chi connectivity index (χ1) is 21.7. The van der Waals surface area contributed by atoms with Gasteiger partial charge in [0.15, 0.2) is 6.10 Å². The van der Waals surface area contributed by atoms with Crippen LogP contribution in [0.3, 0.4) is 0 Å². The fourth-order valence-corrected chi connectivity index (χ4v) is 6.42. The Bertz CT molecular complexity index is 1510. The summed E-state index contributed by atoms with van der Waals surface area (Å²) in [6.45, 7) is 9.39. The summed E-state index contributed by atoms with van der Waals surface area (Å²) in [4.78, 5) is 14.3. The first-order valence-electron chi connectivity index (χ1n) is 15.3. The van der Waals surface area contributed by atoms with Gasteiger partial charge in [0.25, 0.3) is 0 Å². The van der Waals surface area contributed by atoms with Crippen molar-refractivity contribution in [2.45, 2.75) is 81.1 Å². The van der Waals surface area contributed by atoms with E-state index in [9.17, 15) is 9.90 Å². The lowest BCUT2D eigenvalue weighted by atomic mass is 9.87. The smallest absolute Gasteiger partial charge is 0.338 e. The summed E-state index contributed by atoms with van der Waals surface area (Å²) in [6, 6.07) is 34.9. The maximum atomic E-state index is 13.3. The fourth-order valence-electron chi connectivity index (χ4n) is 5.17. The predicted octanol–water partition coefficient (Wildman–Crippen LogP) is 7.50. The molecule has 236 valence electrons. The van der Waals surface area contributed by atoms with Crippen LogP contribution >= 0.6 is 11.8 Å². The lowest BCUT2D eigenvalue weighted by Crippen LogP contribution is -2.59. The van der Waals surface area contributed by atoms with Crippen LogP contribution in [-0.2, 0) is 37.6 Å². The van der Waals surface area contributed by atoms with Crippen molar-refractivity contribution in [2.24, 2.45) is 0 Å². The molecule has 1 N–H and O–H groups in total. The average molecular weight is 627 g/mol. The summed E-state index contributed by atoms with van der Waals surface area (Å²) < 4.78 is 25.2. The van der Waals surface area contributed by atoms with Gasteiger partial charge in [-0.15, -0.1) is 0 Å². The minimum Gasteiger partial charge on any atom is -0.452 e. The number of carbonyl (C=O) groups excluding carboxylic acids is 1. The number of aliphatic hydroxyl groups is 1. The highest BCUT2D eigenvalue weighted by atomic mass is 32.2. The third-order valence-corrected chi connectivity index (χ3v) is 9.15. The van der Waals surface area contributed by atoms with Gasteiger partial charge in [-0.25, -0.2) is 4.79 Å². The Kier molecular flexibility index (Phi) is 11.1. The van der Waals surface area contributed by atoms with E-state index in [0.29, 0.717) is 12.2 Å². The maximum Gasteiger partial charge on any atom is 0.338 e. The van der Waals surface area contributed by atoms with Crippen LogP contribution in [0.1, 0.15) is 53.4 Å². The molecule has 0 spiro atoms. The molecule has 4 aromatic rings. The molecule has 6 nitrogen and oxygen atoms in total. The number of hydrogen-bond donors (Lipinski definition) is 1. The second kappa shape index (κ2) is 15.2. The molecule has 0 aliphatic carbocycles. The Morgan fingerprint density at radius 3 is 2.04 bits per heavy atom. The third kappa shape index (κ3) is 8.84. The molecule has 1 aliphatic rings. The monoisotopic (exact) mass is 626 g/mol. The molecule has 0 aromatic heterocycles. The number of aryl methyl sites for hydroxylation is 1. The van der Waals surface area contributed by atoms with Crippen LogP contribution in [0, 0.1) is 6.92 Å². The Hall–Kier alpha value is -3.46. The summed E-state index contributed by atoms with van der Waals surface area (Å²) in [5, 5.41) is 11.9. The first kappa shape index (κ1) is 32.9. The number of carbonyl (C=O) groups is 1. The van der Waals surface area contributed by atoms with Crippen LogP contribution in [0.4, 0.5) is 0 Å². The number of ether oxygens (including phenoxy) is 4. The quantitative estimate of drug-likeness (QED) is 0.173. The largest absolute Gasteiger partial charge is 0.452 e. The van der Waals surface area contributed by atoms with E-state index in [1.807, 2.05) is 73.7 Å². The molecule has 1 heterocycles. The molecule has 4 aromatic carbocycles. The van der Waals surface area contributed by atoms with Gasteiger partial charge in [0.05, 0.1) is 25.4 Å². The highest BCUT2D eigenvalue weighted by Gasteiger charge is 2.49. The topological polar surface area (TPSA) is 74.2 Å². The summed E-state index contributed by atoms with van der Waals surface area (Å²) in [7, 11) is 0. The molecule has 1 fully saturated rings. The van der Waals surface area contributed by atoms with Crippen LogP contribution in [0.2, 0.25) is 0 Å². The Morgan fingerprint density at radius 1 is 0.822 bits per heavy atom. The standard InChI is InChI=1S/C38H42O6S/c1-26-20-21-30(38(2,3)4)22-32(26)45-37-35(44-36(40)29-18-12-7-13-19-29)33(39)34(42-24-28-16-10-6-11-17-28)31(43-37)25-41-23-27-14-8-5-9-15-27/h5-22,31,33-35,37,39H,23-25H2,1-4H3/t31?,33?,34-,35?,37+/m1/s1. The van der Waals surface area contributed by atoms with Crippen molar-refractivity contribution in [1.29, 1.82) is 0 Å². The van der Waals surface area contributed by atoms with Crippen LogP contribution < -0.4 is 0 Å². The summed E-state index contributed by atoms with van der Waals surface area (Å²) in [5.41, 5.74) is 3.86. The van der Waals surface area contributed by atoms with Crippen LogP contribution in [-0.4, -0.2) is 47.5 Å². The molecule has 0 saturated carbocycles. The van der Waals surface area contributed by atoms with Crippen molar-refractivity contribution in [2.75, 3.05) is 6.61 Å². The zero-order valence-electron chi connectivity index (χ0n) is 26.3. The van der Waals surface area contributed by atoms with Gasteiger partial charge in [0.2, 0.25) is 0 Å². The number of rotatable bonds is 11. The molecule has 5 atom stereocenters. The van der Waals surface area contributed by atoms with Crippen molar-refractivity contribution in [3.63, 3.8) is 0 Å². The average Bonchev–Trinajstić information content (AvgIpc) is 3.04. The number of aliphatic hydroxyl groups excluding tert-OH is 1. The Balaban J connectivity index is 1.44. The molecular formula is C38H42O6S. The number of thioether (sulfide) groups is 1. The molecule has 0 radical (unpaired) electrons. The third-order valence-electron chi connectivity index (χ3n) is 7.85. The van der Waals surface area contributed by atoms with Crippen LogP contribution in [0.5, 0.6) is 0 Å². The van der Waals surface area contributed by atoms with Crippen LogP contribution in [0.25, 0.3) is 0 Å². The zero-order chi connectivity index (χ0) is 31.8. The van der Waals surface area contributed by atoms with Crippen molar-refractivity contribution in [1.82, 2.24) is 0 Å². The van der Waals surface area contributed by atoms with Gasteiger partial charge in [-0.3, -0.25) is 0 Å². The molecule has 0 amide bonds. The second-order valence-corrected chi connectivity index (χ2v) is 13.5. The molecular weight excluding hydrogens is 584 g/mol. The van der Waals surface area contributed by atoms with Crippen molar-refractivity contribution >= 4 is 17.7 Å². The number of benzene rings is 4. The van der Waals surface area contributed by atoms with Gasteiger partial charge in [-0.2, -0.15) is 0 Å². The SMILES string of the molecule is Cc1ccc(C(C)(C)C)cc1S[C@@H]1OC(COCc2ccccc2)[C@@H](OCc2ccccc2)C(O)C1OC(=O)c1ccccc1. The maximum absolute atomic E-state index is 13.3. The van der Waals surface area contributed by atoms with Crippen LogP contribution in [0.15, 0.2) is 114 Å². The predicted molar refractivity (Wildman–Crippen MR) is 177 cm³/mol. The van der Waals surface area contributed by atoms with Crippen molar-refractivity contribution in [3.8, 4) is 0 Å². The molecule has 1 aliphatic heterocycles. The van der Waals surface area contributed by atoms with Crippen molar-refractivity contribution in [3.05, 3.63) is 137 Å². The minimum absolute atomic E-state index is 0.0562.